The van der Waals surface area contributed by atoms with Gasteiger partial charge in [-0.2, -0.15) is 0 Å². The van der Waals surface area contributed by atoms with Crippen LogP contribution in [-0.2, 0) is 6.54 Å². The largest absolute Gasteiger partial charge is 0.490 e. The van der Waals surface area contributed by atoms with Crippen molar-refractivity contribution in [3.05, 3.63) is 60.4 Å². The van der Waals surface area contributed by atoms with Crippen LogP contribution in [0.4, 0.5) is 0 Å². The Morgan fingerprint density at radius 3 is 2.76 bits per heavy atom. The minimum Gasteiger partial charge on any atom is -0.490 e. The van der Waals surface area contributed by atoms with Crippen molar-refractivity contribution in [1.82, 2.24) is 20.5 Å². The van der Waals surface area contributed by atoms with E-state index >= 15 is 0 Å². The molecule has 0 amide bonds. The quantitative estimate of drug-likeness (QED) is 0.260. The van der Waals surface area contributed by atoms with Crippen LogP contribution in [-0.4, -0.2) is 54.7 Å². The van der Waals surface area contributed by atoms with E-state index in [2.05, 4.69) is 62.8 Å². The van der Waals surface area contributed by atoms with E-state index in [4.69, 9.17) is 4.74 Å². The molecule has 1 aliphatic rings. The molecule has 2 N–H and O–H groups in total. The Bertz CT molecular complexity index is 728. The molecule has 2 aromatic rings. The molecule has 3 rings (SSSR count). The molecule has 0 saturated carbocycles. The highest BCUT2D eigenvalue weighted by atomic mass is 127. The minimum absolute atomic E-state index is 0. The van der Waals surface area contributed by atoms with Crippen LogP contribution < -0.4 is 15.4 Å². The molecule has 1 aromatic carbocycles. The number of likely N-dealkylation sites (tertiary alicyclic amines) is 1. The van der Waals surface area contributed by atoms with Crippen LogP contribution in [0.15, 0.2) is 59.9 Å². The van der Waals surface area contributed by atoms with Gasteiger partial charge >= 0.3 is 0 Å². The lowest BCUT2D eigenvalue weighted by Gasteiger charge is -2.38. The number of guanidine groups is 1. The van der Waals surface area contributed by atoms with E-state index in [9.17, 15) is 0 Å². The number of hydrogen-bond acceptors (Lipinski definition) is 4. The molecule has 2 heterocycles. The number of ether oxygens (including phenoxy) is 1. The monoisotopic (exact) mass is 509 g/mol. The Kier molecular flexibility index (Phi) is 10.2. The zero-order chi connectivity index (χ0) is 19.6. The number of rotatable bonds is 7. The highest BCUT2D eigenvalue weighted by Crippen LogP contribution is 2.19. The second-order valence-electron chi connectivity index (χ2n) is 7.21. The number of aromatic nitrogens is 1. The molecule has 0 radical (unpaired) electrons. The van der Waals surface area contributed by atoms with Gasteiger partial charge in [0.1, 0.15) is 12.4 Å². The van der Waals surface area contributed by atoms with Crippen molar-refractivity contribution in [2.75, 3.05) is 26.7 Å². The Balaban J connectivity index is 0.00000300. The fourth-order valence-electron chi connectivity index (χ4n) is 3.56. The van der Waals surface area contributed by atoms with Gasteiger partial charge in [0.25, 0.3) is 0 Å². The summed E-state index contributed by atoms with van der Waals surface area (Å²) in [6.07, 6.45) is 5.69. The SMILES string of the molecule is CN=C(NCCOc1cccnc1)NC1CCN(Cc2ccccc2)C(C)C1.I. The van der Waals surface area contributed by atoms with Gasteiger partial charge in [-0.15, -0.1) is 24.0 Å². The van der Waals surface area contributed by atoms with Crippen molar-refractivity contribution in [3.8, 4) is 5.75 Å². The van der Waals surface area contributed by atoms with Gasteiger partial charge in [-0.1, -0.05) is 30.3 Å². The van der Waals surface area contributed by atoms with Crippen LogP contribution in [0.1, 0.15) is 25.3 Å². The fraction of sp³-hybridized carbons (Fsp3) is 0.455. The number of nitrogens with zero attached hydrogens (tertiary/aromatic N) is 3. The van der Waals surface area contributed by atoms with Crippen LogP contribution in [0.5, 0.6) is 5.75 Å². The van der Waals surface area contributed by atoms with Crippen LogP contribution in [0.25, 0.3) is 0 Å². The second kappa shape index (κ2) is 12.6. The maximum absolute atomic E-state index is 5.66. The van der Waals surface area contributed by atoms with Crippen LogP contribution in [0.2, 0.25) is 0 Å². The van der Waals surface area contributed by atoms with Crippen LogP contribution >= 0.6 is 24.0 Å². The van der Waals surface area contributed by atoms with Crippen molar-refractivity contribution in [2.24, 2.45) is 4.99 Å². The number of benzene rings is 1. The van der Waals surface area contributed by atoms with Gasteiger partial charge in [-0.3, -0.25) is 14.9 Å². The number of aliphatic imine (C=N–C) groups is 1. The number of piperidine rings is 1. The molecule has 7 heteroatoms. The summed E-state index contributed by atoms with van der Waals surface area (Å²) in [5.41, 5.74) is 1.38. The topological polar surface area (TPSA) is 61.8 Å². The van der Waals surface area contributed by atoms with Gasteiger partial charge < -0.3 is 15.4 Å². The fourth-order valence-corrected chi connectivity index (χ4v) is 3.56. The average Bonchev–Trinajstić information content (AvgIpc) is 2.73. The summed E-state index contributed by atoms with van der Waals surface area (Å²) in [6, 6.07) is 15.5. The molecule has 2 atom stereocenters. The molecular formula is C22H32IN5O. The zero-order valence-electron chi connectivity index (χ0n) is 17.3. The first kappa shape index (κ1) is 23.4. The first-order chi connectivity index (χ1) is 13.7. The molecule has 0 spiro atoms. The number of hydrogen-bond donors (Lipinski definition) is 2. The number of pyridine rings is 1. The van der Waals surface area contributed by atoms with Gasteiger partial charge in [0.2, 0.25) is 0 Å². The van der Waals surface area contributed by atoms with Gasteiger partial charge in [0.15, 0.2) is 5.96 Å². The van der Waals surface area contributed by atoms with E-state index in [1.54, 1.807) is 12.4 Å². The summed E-state index contributed by atoms with van der Waals surface area (Å²) in [5, 5.41) is 6.90. The maximum atomic E-state index is 5.66. The maximum Gasteiger partial charge on any atom is 0.191 e. The summed E-state index contributed by atoms with van der Waals surface area (Å²) in [7, 11) is 1.81. The molecule has 2 unspecified atom stereocenters. The third-order valence-corrected chi connectivity index (χ3v) is 5.10. The normalized spacial score (nSPS) is 19.9. The first-order valence-corrected chi connectivity index (χ1v) is 10.0. The van der Waals surface area contributed by atoms with E-state index in [1.807, 2.05) is 19.2 Å². The molecule has 158 valence electrons. The summed E-state index contributed by atoms with van der Waals surface area (Å²) in [5.74, 6) is 1.62. The molecule has 1 aromatic heterocycles. The molecule has 29 heavy (non-hydrogen) atoms. The lowest BCUT2D eigenvalue weighted by molar-refractivity contribution is 0.134. The highest BCUT2D eigenvalue weighted by molar-refractivity contribution is 14.0. The third kappa shape index (κ3) is 7.81. The molecule has 6 nitrogen and oxygen atoms in total. The van der Waals surface area contributed by atoms with Crippen LogP contribution in [0.3, 0.4) is 0 Å². The molecule has 1 fully saturated rings. The van der Waals surface area contributed by atoms with Crippen molar-refractivity contribution in [2.45, 2.75) is 38.4 Å². The molecule has 1 aliphatic heterocycles. The minimum atomic E-state index is 0. The molecule has 1 saturated heterocycles. The predicted molar refractivity (Wildman–Crippen MR) is 129 cm³/mol. The van der Waals surface area contributed by atoms with E-state index < -0.39 is 0 Å². The second-order valence-corrected chi connectivity index (χ2v) is 7.21. The summed E-state index contributed by atoms with van der Waals surface area (Å²) in [6.45, 7) is 5.69. The van der Waals surface area contributed by atoms with Crippen molar-refractivity contribution < 1.29 is 4.74 Å². The Morgan fingerprint density at radius 1 is 1.24 bits per heavy atom. The van der Waals surface area contributed by atoms with Gasteiger partial charge in [-0.25, -0.2) is 0 Å². The van der Waals surface area contributed by atoms with Gasteiger partial charge in [0, 0.05) is 38.4 Å². The Hall–Kier alpha value is -1.87. The predicted octanol–water partition coefficient (Wildman–Crippen LogP) is 3.30. The van der Waals surface area contributed by atoms with Gasteiger partial charge in [0.05, 0.1) is 12.7 Å². The highest BCUT2D eigenvalue weighted by Gasteiger charge is 2.25. The lowest BCUT2D eigenvalue weighted by atomic mass is 9.97. The van der Waals surface area contributed by atoms with Crippen molar-refractivity contribution in [3.63, 3.8) is 0 Å². The van der Waals surface area contributed by atoms with E-state index in [-0.39, 0.29) is 24.0 Å². The Labute approximate surface area is 191 Å². The summed E-state index contributed by atoms with van der Waals surface area (Å²) < 4.78 is 5.66. The molecular weight excluding hydrogens is 477 g/mol. The summed E-state index contributed by atoms with van der Waals surface area (Å²) >= 11 is 0. The average molecular weight is 509 g/mol. The van der Waals surface area contributed by atoms with Crippen molar-refractivity contribution >= 4 is 29.9 Å². The van der Waals surface area contributed by atoms with Crippen LogP contribution in [0, 0.1) is 0 Å². The zero-order valence-corrected chi connectivity index (χ0v) is 19.6. The third-order valence-electron chi connectivity index (χ3n) is 5.10. The number of halogens is 1. The summed E-state index contributed by atoms with van der Waals surface area (Å²) in [4.78, 5) is 11.0. The van der Waals surface area contributed by atoms with E-state index in [0.29, 0.717) is 25.2 Å². The van der Waals surface area contributed by atoms with E-state index in [0.717, 1.165) is 37.6 Å². The van der Waals surface area contributed by atoms with Crippen molar-refractivity contribution in [1.29, 1.82) is 0 Å². The Morgan fingerprint density at radius 2 is 2.07 bits per heavy atom. The first-order valence-electron chi connectivity index (χ1n) is 10.0. The lowest BCUT2D eigenvalue weighted by Crippen LogP contribution is -2.51. The number of nitrogens with one attached hydrogen (secondary N) is 2. The van der Waals surface area contributed by atoms with E-state index in [1.165, 1.54) is 5.56 Å². The molecule has 0 bridgehead atoms. The molecule has 0 aliphatic carbocycles. The van der Waals surface area contributed by atoms with Gasteiger partial charge in [-0.05, 0) is 37.5 Å². The smallest absolute Gasteiger partial charge is 0.191 e. The standard InChI is InChI=1S/C22H31N5O.HI/c1-18-15-20(10-13-27(18)17-19-7-4-3-5-8-19)26-22(23-2)25-12-14-28-21-9-6-11-24-16-21;/h3-9,11,16,18,20H,10,12-15,17H2,1-2H3,(H2,23,25,26);1H.